The normalized spacial score (nSPS) is 37.7. The van der Waals surface area contributed by atoms with Crippen molar-refractivity contribution in [2.24, 2.45) is 5.92 Å². The fourth-order valence-corrected chi connectivity index (χ4v) is 5.11. The Bertz CT molecular complexity index is 318. The Balaban J connectivity index is 1.68. The maximum atomic E-state index is 3.96. The zero-order valence-electron chi connectivity index (χ0n) is 14.4. The Labute approximate surface area is 132 Å². The van der Waals surface area contributed by atoms with E-state index in [0.717, 1.165) is 18.0 Å². The Hall–Kier alpha value is -0.0800. The SMILES string of the molecule is CCC1(C)CNC(C2CCCCC2)CN1C1CCCCC1. The van der Waals surface area contributed by atoms with Gasteiger partial charge < -0.3 is 5.32 Å². The second-order valence-electron chi connectivity index (χ2n) is 8.18. The van der Waals surface area contributed by atoms with E-state index in [1.54, 1.807) is 0 Å². The molecule has 0 amide bonds. The summed E-state index contributed by atoms with van der Waals surface area (Å²) in [4.78, 5) is 2.95. The highest BCUT2D eigenvalue weighted by atomic mass is 15.3. The molecule has 2 aliphatic carbocycles. The summed E-state index contributed by atoms with van der Waals surface area (Å²) >= 11 is 0. The molecule has 2 unspecified atom stereocenters. The van der Waals surface area contributed by atoms with Crippen molar-refractivity contribution in [1.82, 2.24) is 10.2 Å². The number of nitrogens with zero attached hydrogens (tertiary/aromatic N) is 1. The van der Waals surface area contributed by atoms with Crippen molar-refractivity contribution >= 4 is 0 Å². The number of piperazine rings is 1. The van der Waals surface area contributed by atoms with Crippen LogP contribution >= 0.6 is 0 Å². The fourth-order valence-electron chi connectivity index (χ4n) is 5.11. The van der Waals surface area contributed by atoms with Gasteiger partial charge >= 0.3 is 0 Å². The van der Waals surface area contributed by atoms with Gasteiger partial charge in [-0.2, -0.15) is 0 Å². The quantitative estimate of drug-likeness (QED) is 0.832. The predicted molar refractivity (Wildman–Crippen MR) is 90.6 cm³/mol. The summed E-state index contributed by atoms with van der Waals surface area (Å²) in [5.74, 6) is 0.950. The number of nitrogens with one attached hydrogen (secondary N) is 1. The Kier molecular flexibility index (Phi) is 5.27. The van der Waals surface area contributed by atoms with Crippen LogP contribution in [0.5, 0.6) is 0 Å². The van der Waals surface area contributed by atoms with Gasteiger partial charge in [-0.1, -0.05) is 45.4 Å². The lowest BCUT2D eigenvalue weighted by atomic mass is 9.79. The lowest BCUT2D eigenvalue weighted by Gasteiger charge is -2.54. The van der Waals surface area contributed by atoms with E-state index in [1.807, 2.05) is 0 Å². The van der Waals surface area contributed by atoms with Crippen LogP contribution in [0.1, 0.15) is 84.5 Å². The van der Waals surface area contributed by atoms with Crippen LogP contribution in [-0.4, -0.2) is 35.6 Å². The average molecular weight is 293 g/mol. The van der Waals surface area contributed by atoms with Crippen LogP contribution < -0.4 is 5.32 Å². The lowest BCUT2D eigenvalue weighted by Crippen LogP contribution is -2.67. The molecular formula is C19H36N2. The molecule has 0 aromatic heterocycles. The third-order valence-electron chi connectivity index (χ3n) is 6.83. The summed E-state index contributed by atoms with van der Waals surface area (Å²) in [6.07, 6.45) is 15.9. The van der Waals surface area contributed by atoms with Gasteiger partial charge in [0.15, 0.2) is 0 Å². The first-order chi connectivity index (χ1) is 10.2. The molecule has 1 saturated heterocycles. The molecule has 0 spiro atoms. The number of hydrogen-bond donors (Lipinski definition) is 1. The van der Waals surface area contributed by atoms with Gasteiger partial charge in [0.2, 0.25) is 0 Å². The highest BCUT2D eigenvalue weighted by molar-refractivity contribution is 5.00. The molecule has 2 atom stereocenters. The highest BCUT2D eigenvalue weighted by Gasteiger charge is 2.42. The molecule has 1 aliphatic heterocycles. The van der Waals surface area contributed by atoms with E-state index in [2.05, 4.69) is 24.1 Å². The monoisotopic (exact) mass is 292 g/mol. The van der Waals surface area contributed by atoms with Crippen LogP contribution in [0, 0.1) is 5.92 Å². The van der Waals surface area contributed by atoms with Crippen molar-refractivity contribution in [3.8, 4) is 0 Å². The van der Waals surface area contributed by atoms with Gasteiger partial charge in [0.1, 0.15) is 0 Å². The number of rotatable bonds is 3. The molecule has 0 aromatic carbocycles. The number of hydrogen-bond acceptors (Lipinski definition) is 2. The van der Waals surface area contributed by atoms with Crippen LogP contribution in [0.4, 0.5) is 0 Å². The summed E-state index contributed by atoms with van der Waals surface area (Å²) in [5, 5.41) is 3.96. The molecule has 0 aromatic rings. The predicted octanol–water partition coefficient (Wildman–Crippen LogP) is 4.34. The van der Waals surface area contributed by atoms with Gasteiger partial charge in [0.05, 0.1) is 0 Å². The first-order valence-corrected chi connectivity index (χ1v) is 9.73. The van der Waals surface area contributed by atoms with E-state index in [4.69, 9.17) is 0 Å². The average Bonchev–Trinajstić information content (AvgIpc) is 2.57. The van der Waals surface area contributed by atoms with Crippen molar-refractivity contribution in [3.05, 3.63) is 0 Å². The molecule has 1 N–H and O–H groups in total. The maximum Gasteiger partial charge on any atom is 0.0306 e. The first-order valence-electron chi connectivity index (χ1n) is 9.73. The topological polar surface area (TPSA) is 15.3 Å². The van der Waals surface area contributed by atoms with Gasteiger partial charge in [-0.05, 0) is 44.9 Å². The van der Waals surface area contributed by atoms with Crippen molar-refractivity contribution in [2.75, 3.05) is 13.1 Å². The third-order valence-corrected chi connectivity index (χ3v) is 6.83. The minimum absolute atomic E-state index is 0.396. The van der Waals surface area contributed by atoms with Crippen molar-refractivity contribution < 1.29 is 0 Å². The second kappa shape index (κ2) is 7.00. The Morgan fingerprint density at radius 1 is 0.952 bits per heavy atom. The van der Waals surface area contributed by atoms with Crippen LogP contribution in [0.2, 0.25) is 0 Å². The molecule has 0 radical (unpaired) electrons. The standard InChI is InChI=1S/C19H36N2/c1-3-19(2)15-20-18(16-10-6-4-7-11-16)14-21(19)17-12-8-5-9-13-17/h16-18,20H,3-15H2,1-2H3. The maximum absolute atomic E-state index is 3.96. The summed E-state index contributed by atoms with van der Waals surface area (Å²) in [5.41, 5.74) is 0.396. The Morgan fingerprint density at radius 3 is 2.19 bits per heavy atom. The molecule has 2 heteroatoms. The highest BCUT2D eigenvalue weighted by Crippen LogP contribution is 2.35. The fraction of sp³-hybridized carbons (Fsp3) is 1.00. The molecule has 2 nitrogen and oxygen atoms in total. The van der Waals surface area contributed by atoms with Crippen LogP contribution in [0.15, 0.2) is 0 Å². The molecule has 0 bridgehead atoms. The summed E-state index contributed by atoms with van der Waals surface area (Å²) in [6.45, 7) is 7.42. The Morgan fingerprint density at radius 2 is 1.57 bits per heavy atom. The molecule has 3 fully saturated rings. The van der Waals surface area contributed by atoms with E-state index in [-0.39, 0.29) is 0 Å². The van der Waals surface area contributed by atoms with Gasteiger partial charge in [-0.25, -0.2) is 0 Å². The van der Waals surface area contributed by atoms with Gasteiger partial charge in [0, 0.05) is 30.7 Å². The van der Waals surface area contributed by atoms with E-state index >= 15 is 0 Å². The van der Waals surface area contributed by atoms with Crippen molar-refractivity contribution in [1.29, 1.82) is 0 Å². The zero-order valence-corrected chi connectivity index (χ0v) is 14.4. The minimum atomic E-state index is 0.396. The third kappa shape index (κ3) is 3.47. The van der Waals surface area contributed by atoms with Crippen LogP contribution in [-0.2, 0) is 0 Å². The van der Waals surface area contributed by atoms with Gasteiger partial charge in [0.25, 0.3) is 0 Å². The van der Waals surface area contributed by atoms with E-state index in [9.17, 15) is 0 Å². The second-order valence-corrected chi connectivity index (χ2v) is 8.18. The molecular weight excluding hydrogens is 256 g/mol. The van der Waals surface area contributed by atoms with Gasteiger partial charge in [-0.15, -0.1) is 0 Å². The smallest absolute Gasteiger partial charge is 0.0306 e. The first kappa shape index (κ1) is 15.8. The molecule has 21 heavy (non-hydrogen) atoms. The van der Waals surface area contributed by atoms with Crippen LogP contribution in [0.3, 0.4) is 0 Å². The van der Waals surface area contributed by atoms with Crippen molar-refractivity contribution in [3.63, 3.8) is 0 Å². The van der Waals surface area contributed by atoms with Gasteiger partial charge in [-0.3, -0.25) is 4.90 Å². The van der Waals surface area contributed by atoms with E-state index in [1.165, 1.54) is 83.7 Å². The summed E-state index contributed by atoms with van der Waals surface area (Å²) < 4.78 is 0. The summed E-state index contributed by atoms with van der Waals surface area (Å²) in [7, 11) is 0. The molecule has 3 rings (SSSR count). The lowest BCUT2D eigenvalue weighted by molar-refractivity contribution is -0.0158. The molecule has 2 saturated carbocycles. The molecule has 122 valence electrons. The van der Waals surface area contributed by atoms with Crippen LogP contribution in [0.25, 0.3) is 0 Å². The molecule has 3 aliphatic rings. The van der Waals surface area contributed by atoms with E-state index in [0.29, 0.717) is 5.54 Å². The molecule has 1 heterocycles. The largest absolute Gasteiger partial charge is 0.311 e. The zero-order chi connectivity index (χ0) is 14.7. The van der Waals surface area contributed by atoms with E-state index < -0.39 is 0 Å². The minimum Gasteiger partial charge on any atom is -0.311 e. The summed E-state index contributed by atoms with van der Waals surface area (Å²) in [6, 6.07) is 1.64. The van der Waals surface area contributed by atoms with Crippen molar-refractivity contribution in [2.45, 2.75) is 102 Å².